The van der Waals surface area contributed by atoms with Crippen LogP contribution >= 0.6 is 0 Å². The van der Waals surface area contributed by atoms with E-state index in [2.05, 4.69) is 31.5 Å². The summed E-state index contributed by atoms with van der Waals surface area (Å²) in [7, 11) is 0. The number of halogens is 1. The summed E-state index contributed by atoms with van der Waals surface area (Å²) in [6, 6.07) is 2.64. The van der Waals surface area contributed by atoms with Crippen molar-refractivity contribution < 1.29 is 28.6 Å². The molecule has 1 aliphatic heterocycles. The maximum absolute atomic E-state index is 12.3. The largest absolute Gasteiger partial charge is 0.480 e. The van der Waals surface area contributed by atoms with Crippen LogP contribution in [0.2, 0.25) is 0 Å². The molecule has 0 unspecified atom stereocenters. The van der Waals surface area contributed by atoms with Crippen molar-refractivity contribution in [3.63, 3.8) is 0 Å². The van der Waals surface area contributed by atoms with Gasteiger partial charge in [-0.25, -0.2) is 19.0 Å². The average molecular weight is 448 g/mol. The van der Waals surface area contributed by atoms with Crippen molar-refractivity contribution in [2.75, 3.05) is 31.7 Å². The van der Waals surface area contributed by atoms with Crippen molar-refractivity contribution in [1.82, 2.24) is 25.4 Å². The number of amides is 2. The molecule has 11 nitrogen and oxygen atoms in total. The molecule has 172 valence electrons. The van der Waals surface area contributed by atoms with Gasteiger partial charge in [-0.1, -0.05) is 6.07 Å². The molecule has 1 aliphatic rings. The number of hydrogen-bond acceptors (Lipinski definition) is 7. The topological polar surface area (TPSA) is 147 Å². The lowest BCUT2D eigenvalue weighted by Gasteiger charge is -2.17. The molecule has 3 rings (SSSR count). The predicted molar refractivity (Wildman–Crippen MR) is 111 cm³/mol. The van der Waals surface area contributed by atoms with Crippen LogP contribution < -0.4 is 16.0 Å². The van der Waals surface area contributed by atoms with Crippen molar-refractivity contribution in [1.29, 1.82) is 0 Å². The molecular weight excluding hydrogens is 423 g/mol. The Hall–Kier alpha value is -3.70. The number of carboxylic acids is 1. The number of carboxylic acid groups (broad SMARTS) is 1. The molecular formula is C20H25FN6O5. The number of rotatable bonds is 10. The van der Waals surface area contributed by atoms with Gasteiger partial charge < -0.3 is 25.8 Å². The van der Waals surface area contributed by atoms with Crippen LogP contribution in [0.3, 0.4) is 0 Å². The van der Waals surface area contributed by atoms with Crippen LogP contribution in [0.15, 0.2) is 24.5 Å². The minimum absolute atomic E-state index is 0.245. The van der Waals surface area contributed by atoms with E-state index >= 15 is 0 Å². The van der Waals surface area contributed by atoms with Gasteiger partial charge in [0.15, 0.2) is 0 Å². The Morgan fingerprint density at radius 1 is 1.34 bits per heavy atom. The van der Waals surface area contributed by atoms with Crippen LogP contribution in [0.1, 0.15) is 28.0 Å². The zero-order valence-electron chi connectivity index (χ0n) is 17.3. The van der Waals surface area contributed by atoms with E-state index in [1.165, 1.54) is 11.8 Å². The lowest BCUT2D eigenvalue weighted by molar-refractivity contribution is -0.139. The van der Waals surface area contributed by atoms with E-state index in [0.29, 0.717) is 13.0 Å². The fourth-order valence-electron chi connectivity index (χ4n) is 3.15. The first kappa shape index (κ1) is 23.0. The molecule has 2 aromatic heterocycles. The van der Waals surface area contributed by atoms with Crippen molar-refractivity contribution in [3.8, 4) is 0 Å². The highest BCUT2D eigenvalue weighted by molar-refractivity contribution is 5.94. The Kier molecular flexibility index (Phi) is 7.95. The zero-order chi connectivity index (χ0) is 22.9. The maximum atomic E-state index is 12.3. The summed E-state index contributed by atoms with van der Waals surface area (Å²) in [5.41, 5.74) is 2.37. The number of hydrogen-bond donors (Lipinski definition) is 4. The van der Waals surface area contributed by atoms with Gasteiger partial charge >= 0.3 is 12.1 Å². The molecule has 0 aromatic carbocycles. The molecule has 0 saturated carbocycles. The fraction of sp³-hybridized carbons (Fsp3) is 0.450. The third-order valence-corrected chi connectivity index (χ3v) is 4.81. The summed E-state index contributed by atoms with van der Waals surface area (Å²) >= 11 is 0. The van der Waals surface area contributed by atoms with E-state index in [-0.39, 0.29) is 12.1 Å². The molecule has 0 saturated heterocycles. The van der Waals surface area contributed by atoms with Crippen LogP contribution in [0, 0.1) is 0 Å². The number of pyridine rings is 1. The highest BCUT2D eigenvalue weighted by Crippen LogP contribution is 2.19. The first-order valence-electron chi connectivity index (χ1n) is 10.2. The monoisotopic (exact) mass is 448 g/mol. The Morgan fingerprint density at radius 3 is 2.97 bits per heavy atom. The van der Waals surface area contributed by atoms with Gasteiger partial charge in [0, 0.05) is 37.9 Å². The summed E-state index contributed by atoms with van der Waals surface area (Å²) in [6.45, 7) is -0.320. The number of carbonyl (C=O) groups excluding carboxylic acids is 2. The zero-order valence-corrected chi connectivity index (χ0v) is 17.3. The molecule has 0 aliphatic carbocycles. The number of aromatic nitrogens is 3. The standard InChI is InChI=1S/C20H25FN6O5/c21-6-9-32-20(31)26-16(19(29)30)11-23-18(28)14-10-24-27(12-14)8-5-15-4-3-13-2-1-7-22-17(13)25-15/h3-4,10,12,16H,1-2,5-9,11H2,(H,22,25)(H,23,28)(H,26,31)(H,29,30)/t16-/m0/s1. The molecule has 0 spiro atoms. The smallest absolute Gasteiger partial charge is 0.408 e. The third kappa shape index (κ3) is 6.40. The van der Waals surface area contributed by atoms with E-state index in [1.54, 1.807) is 10.9 Å². The average Bonchev–Trinajstić information content (AvgIpc) is 3.27. The number of nitrogens with one attached hydrogen (secondary N) is 3. The van der Waals surface area contributed by atoms with Crippen LogP contribution in [0.5, 0.6) is 0 Å². The molecule has 0 fully saturated rings. The molecule has 2 aromatic rings. The Morgan fingerprint density at radius 2 is 2.19 bits per heavy atom. The Balaban J connectivity index is 1.49. The minimum atomic E-state index is -1.43. The predicted octanol–water partition coefficient (Wildman–Crippen LogP) is 0.758. The molecule has 3 heterocycles. The number of fused-ring (bicyclic) bond motifs is 1. The molecule has 1 atom stereocenters. The summed E-state index contributed by atoms with van der Waals surface area (Å²) in [6.07, 6.45) is 4.58. The third-order valence-electron chi connectivity index (χ3n) is 4.81. The van der Waals surface area contributed by atoms with E-state index in [1.807, 2.05) is 11.4 Å². The molecule has 32 heavy (non-hydrogen) atoms. The number of ether oxygens (including phenoxy) is 1. The number of nitrogens with zero attached hydrogens (tertiary/aromatic N) is 3. The van der Waals surface area contributed by atoms with Gasteiger partial charge in [-0.15, -0.1) is 0 Å². The van der Waals surface area contributed by atoms with E-state index in [0.717, 1.165) is 30.9 Å². The van der Waals surface area contributed by atoms with E-state index in [9.17, 15) is 18.8 Å². The fourth-order valence-corrected chi connectivity index (χ4v) is 3.15. The quantitative estimate of drug-likeness (QED) is 0.416. The van der Waals surface area contributed by atoms with Crippen LogP contribution in [0.4, 0.5) is 15.0 Å². The van der Waals surface area contributed by atoms with Crippen molar-refractivity contribution in [2.24, 2.45) is 0 Å². The Labute approximate surface area is 183 Å². The number of anilines is 1. The number of aliphatic carboxylic acids is 1. The maximum Gasteiger partial charge on any atom is 0.408 e. The molecule has 12 heteroatoms. The van der Waals surface area contributed by atoms with Gasteiger partial charge in [-0.05, 0) is 24.5 Å². The number of aryl methyl sites for hydroxylation is 3. The van der Waals surface area contributed by atoms with Crippen LogP contribution in [-0.4, -0.2) is 70.3 Å². The lowest BCUT2D eigenvalue weighted by atomic mass is 10.1. The van der Waals surface area contributed by atoms with E-state index in [4.69, 9.17) is 5.11 Å². The summed E-state index contributed by atoms with van der Waals surface area (Å²) in [5.74, 6) is -0.993. The lowest BCUT2D eigenvalue weighted by Crippen LogP contribution is -2.48. The van der Waals surface area contributed by atoms with Gasteiger partial charge in [0.05, 0.1) is 11.8 Å². The van der Waals surface area contributed by atoms with Gasteiger partial charge in [-0.3, -0.25) is 9.48 Å². The Bertz CT molecular complexity index is 966. The first-order chi connectivity index (χ1) is 15.5. The van der Waals surface area contributed by atoms with Gasteiger partial charge in [0.25, 0.3) is 5.91 Å². The van der Waals surface area contributed by atoms with E-state index < -0.39 is 37.3 Å². The molecule has 4 N–H and O–H groups in total. The second-order valence-electron chi connectivity index (χ2n) is 7.15. The van der Waals surface area contributed by atoms with Crippen molar-refractivity contribution in [2.45, 2.75) is 31.8 Å². The van der Waals surface area contributed by atoms with Crippen LogP contribution in [0.25, 0.3) is 0 Å². The summed E-state index contributed by atoms with van der Waals surface area (Å²) in [5, 5.41) is 21.1. The molecule has 0 bridgehead atoms. The number of alkyl carbamates (subject to hydrolysis) is 1. The van der Waals surface area contributed by atoms with Gasteiger partial charge in [0.1, 0.15) is 25.1 Å². The van der Waals surface area contributed by atoms with Crippen LogP contribution in [-0.2, 0) is 28.9 Å². The number of alkyl halides is 1. The second-order valence-corrected chi connectivity index (χ2v) is 7.15. The van der Waals surface area contributed by atoms with Gasteiger partial charge in [0.2, 0.25) is 0 Å². The molecule has 0 radical (unpaired) electrons. The van der Waals surface area contributed by atoms with Crippen molar-refractivity contribution in [3.05, 3.63) is 41.3 Å². The normalized spacial score (nSPS) is 13.4. The minimum Gasteiger partial charge on any atom is -0.480 e. The van der Waals surface area contributed by atoms with Crippen molar-refractivity contribution >= 4 is 23.8 Å². The highest BCUT2D eigenvalue weighted by atomic mass is 19.1. The first-order valence-corrected chi connectivity index (χ1v) is 10.2. The second kappa shape index (κ2) is 11.1. The number of carbonyl (C=O) groups is 3. The summed E-state index contributed by atoms with van der Waals surface area (Å²) < 4.78 is 18.1. The molecule has 2 amide bonds. The summed E-state index contributed by atoms with van der Waals surface area (Å²) in [4.78, 5) is 39.6. The van der Waals surface area contributed by atoms with Gasteiger partial charge in [-0.2, -0.15) is 5.10 Å². The highest BCUT2D eigenvalue weighted by Gasteiger charge is 2.22. The SMILES string of the molecule is O=C(N[C@@H](CNC(=O)c1cnn(CCc2ccc3c(n2)NCCC3)c1)C(=O)O)OCCF.